The van der Waals surface area contributed by atoms with Crippen LogP contribution in [0.1, 0.15) is 0 Å². The summed E-state index contributed by atoms with van der Waals surface area (Å²) >= 11 is 4.85. The normalized spacial score (nSPS) is 11.2. The van der Waals surface area contributed by atoms with E-state index in [-0.39, 0.29) is 4.84 Å². The van der Waals surface area contributed by atoms with E-state index in [1.165, 1.54) is 0 Å². The molecule has 92 valence electrons. The Kier molecular flexibility index (Phi) is 2.69. The molecule has 1 N–H and O–H groups in total. The Morgan fingerprint density at radius 1 is 1.50 bits per heavy atom. The quantitative estimate of drug-likeness (QED) is 0.734. The summed E-state index contributed by atoms with van der Waals surface area (Å²) in [5.74, 6) is 0.474. The van der Waals surface area contributed by atoms with Crippen molar-refractivity contribution in [3.8, 4) is 11.5 Å². The Labute approximate surface area is 107 Å². The summed E-state index contributed by atoms with van der Waals surface area (Å²) in [6.45, 7) is 0.423. The maximum Gasteiger partial charge on any atom is 0.284 e. The van der Waals surface area contributed by atoms with E-state index in [0.717, 1.165) is 16.5 Å². The number of fused-ring (bicyclic) bond motifs is 1. The maximum absolute atomic E-state index is 5.27. The van der Waals surface area contributed by atoms with Crippen LogP contribution >= 0.6 is 12.2 Å². The fourth-order valence-corrected chi connectivity index (χ4v) is 1.92. The molecule has 7 heteroatoms. The number of ether oxygens (including phenoxy) is 1. The molecule has 0 saturated carbocycles. The van der Waals surface area contributed by atoms with Crippen molar-refractivity contribution >= 4 is 23.1 Å². The smallest absolute Gasteiger partial charge is 0.284 e. The Hall–Kier alpha value is -1.99. The Morgan fingerprint density at radius 2 is 2.39 bits per heavy atom. The van der Waals surface area contributed by atoms with E-state index in [2.05, 4.69) is 15.3 Å². The average molecular weight is 262 g/mol. The molecule has 0 spiro atoms. The molecule has 0 aliphatic rings. The summed E-state index contributed by atoms with van der Waals surface area (Å²) in [5, 5.41) is 11.8. The third kappa shape index (κ3) is 1.83. The minimum absolute atomic E-state index is 0.264. The lowest BCUT2D eigenvalue weighted by Crippen LogP contribution is -2.00. The lowest BCUT2D eigenvalue weighted by atomic mass is 10.1. The number of rotatable bonds is 3. The summed E-state index contributed by atoms with van der Waals surface area (Å²) < 4.78 is 12.1. The van der Waals surface area contributed by atoms with E-state index < -0.39 is 0 Å². The molecule has 6 nitrogen and oxygen atoms in total. The molecule has 0 atom stereocenters. The van der Waals surface area contributed by atoms with Crippen molar-refractivity contribution in [3.05, 3.63) is 29.2 Å². The molecule has 1 aromatic carbocycles. The summed E-state index contributed by atoms with van der Waals surface area (Å²) in [4.78, 5) is 0.264. The molecule has 0 aliphatic carbocycles. The molecule has 18 heavy (non-hydrogen) atoms. The van der Waals surface area contributed by atoms with E-state index in [1.807, 2.05) is 18.2 Å². The van der Waals surface area contributed by atoms with Crippen molar-refractivity contribution < 1.29 is 9.15 Å². The Bertz CT molecular complexity index is 743. The molecule has 0 amide bonds. The maximum atomic E-state index is 5.27. The van der Waals surface area contributed by atoms with Crippen LogP contribution in [0, 0.1) is 4.84 Å². The van der Waals surface area contributed by atoms with Crippen LogP contribution in [0.2, 0.25) is 0 Å². The van der Waals surface area contributed by atoms with Crippen LogP contribution < -0.4 is 0 Å². The first-order chi connectivity index (χ1) is 8.78. The number of aromatic amines is 1. The van der Waals surface area contributed by atoms with Crippen LogP contribution in [0.25, 0.3) is 22.4 Å². The summed E-state index contributed by atoms with van der Waals surface area (Å²) in [5.41, 5.74) is 1.85. The van der Waals surface area contributed by atoms with Crippen molar-refractivity contribution in [1.82, 2.24) is 20.0 Å². The first-order valence-electron chi connectivity index (χ1n) is 5.28. The lowest BCUT2D eigenvalue weighted by Gasteiger charge is -2.01. The molecular formula is C11H10N4O2S. The van der Waals surface area contributed by atoms with Gasteiger partial charge < -0.3 is 9.15 Å². The van der Waals surface area contributed by atoms with Gasteiger partial charge in [-0.2, -0.15) is 5.10 Å². The highest BCUT2D eigenvalue weighted by atomic mass is 32.1. The Morgan fingerprint density at radius 3 is 3.11 bits per heavy atom. The van der Waals surface area contributed by atoms with Gasteiger partial charge in [0.05, 0.1) is 11.7 Å². The third-order valence-corrected chi connectivity index (χ3v) is 2.75. The zero-order chi connectivity index (χ0) is 12.5. The second kappa shape index (κ2) is 4.35. The minimum Gasteiger partial charge on any atom is -0.409 e. The van der Waals surface area contributed by atoms with Gasteiger partial charge in [0.15, 0.2) is 0 Å². The van der Waals surface area contributed by atoms with Crippen LogP contribution in [0.4, 0.5) is 0 Å². The van der Waals surface area contributed by atoms with Crippen LogP contribution in [0.5, 0.6) is 0 Å². The third-order valence-electron chi connectivity index (χ3n) is 2.58. The number of nitrogens with zero attached hydrogens (tertiary/aromatic N) is 3. The second-order valence-corrected chi connectivity index (χ2v) is 4.12. The number of H-pyrrole nitrogens is 1. The van der Waals surface area contributed by atoms with E-state index in [1.54, 1.807) is 18.0 Å². The molecule has 2 heterocycles. The van der Waals surface area contributed by atoms with Crippen molar-refractivity contribution in [3.63, 3.8) is 0 Å². The highest BCUT2D eigenvalue weighted by Gasteiger charge is 2.07. The second-order valence-electron chi connectivity index (χ2n) is 3.75. The summed E-state index contributed by atoms with van der Waals surface area (Å²) in [7, 11) is 1.63. The Balaban J connectivity index is 2.09. The lowest BCUT2D eigenvalue weighted by molar-refractivity contribution is 0.124. The van der Waals surface area contributed by atoms with Crippen LogP contribution in [-0.2, 0) is 11.5 Å². The fraction of sp³-hybridized carbons (Fsp3) is 0.182. The van der Waals surface area contributed by atoms with Crippen LogP contribution in [0.15, 0.2) is 28.8 Å². The van der Waals surface area contributed by atoms with Gasteiger partial charge >= 0.3 is 0 Å². The minimum atomic E-state index is 0.264. The fourth-order valence-electron chi connectivity index (χ4n) is 1.80. The molecule has 0 unspecified atom stereocenters. The average Bonchev–Trinajstić information content (AvgIpc) is 2.96. The van der Waals surface area contributed by atoms with Gasteiger partial charge in [0.25, 0.3) is 4.84 Å². The predicted molar refractivity (Wildman–Crippen MR) is 67.4 cm³/mol. The van der Waals surface area contributed by atoms with Gasteiger partial charge in [-0.25, -0.2) is 9.78 Å². The molecule has 3 aromatic rings. The van der Waals surface area contributed by atoms with Crippen molar-refractivity contribution in [2.45, 2.75) is 6.73 Å². The monoisotopic (exact) mass is 262 g/mol. The van der Waals surface area contributed by atoms with E-state index >= 15 is 0 Å². The number of aromatic nitrogens is 4. The first-order valence-corrected chi connectivity index (χ1v) is 5.69. The van der Waals surface area contributed by atoms with Gasteiger partial charge in [0.1, 0.15) is 6.73 Å². The standard InChI is InChI=1S/C11H10N4O2S/c1-16-6-15-9-3-2-7(4-8(9)5-12-15)10-13-14-11(18)17-10/h2-5H,6H2,1H3,(H,14,18). The summed E-state index contributed by atoms with van der Waals surface area (Å²) in [6, 6.07) is 5.80. The van der Waals surface area contributed by atoms with Crippen LogP contribution in [-0.4, -0.2) is 27.1 Å². The molecular weight excluding hydrogens is 252 g/mol. The van der Waals surface area contributed by atoms with Gasteiger partial charge in [-0.05, 0) is 30.4 Å². The van der Waals surface area contributed by atoms with E-state index in [9.17, 15) is 0 Å². The molecule has 0 aliphatic heterocycles. The predicted octanol–water partition coefficient (Wildman–Crippen LogP) is 2.35. The first kappa shape index (κ1) is 11.1. The van der Waals surface area contributed by atoms with E-state index in [0.29, 0.717) is 12.6 Å². The van der Waals surface area contributed by atoms with Gasteiger partial charge in [-0.15, -0.1) is 5.10 Å². The number of benzene rings is 1. The number of methoxy groups -OCH3 is 1. The zero-order valence-corrected chi connectivity index (χ0v) is 10.4. The summed E-state index contributed by atoms with van der Waals surface area (Å²) in [6.07, 6.45) is 1.78. The van der Waals surface area contributed by atoms with Crippen molar-refractivity contribution in [1.29, 1.82) is 0 Å². The highest BCUT2D eigenvalue weighted by molar-refractivity contribution is 7.71. The molecule has 2 aromatic heterocycles. The molecule has 0 bridgehead atoms. The highest BCUT2D eigenvalue weighted by Crippen LogP contribution is 2.22. The zero-order valence-electron chi connectivity index (χ0n) is 9.58. The van der Waals surface area contributed by atoms with E-state index in [4.69, 9.17) is 21.4 Å². The van der Waals surface area contributed by atoms with Gasteiger partial charge in [0, 0.05) is 18.1 Å². The molecule has 0 saturated heterocycles. The number of nitrogens with one attached hydrogen (secondary N) is 1. The molecule has 0 fully saturated rings. The molecule has 3 rings (SSSR count). The van der Waals surface area contributed by atoms with Gasteiger partial charge in [-0.3, -0.25) is 0 Å². The van der Waals surface area contributed by atoms with Gasteiger partial charge in [-0.1, -0.05) is 0 Å². The van der Waals surface area contributed by atoms with Crippen LogP contribution in [0.3, 0.4) is 0 Å². The van der Waals surface area contributed by atoms with Gasteiger partial charge in [0.2, 0.25) is 5.89 Å². The van der Waals surface area contributed by atoms with Crippen molar-refractivity contribution in [2.24, 2.45) is 0 Å². The largest absolute Gasteiger partial charge is 0.409 e. The van der Waals surface area contributed by atoms with Crippen molar-refractivity contribution in [2.75, 3.05) is 7.11 Å². The number of hydrogen-bond donors (Lipinski definition) is 1. The number of hydrogen-bond acceptors (Lipinski definition) is 5. The topological polar surface area (TPSA) is 68.9 Å². The molecule has 0 radical (unpaired) electrons. The SMILES string of the molecule is COCn1ncc2cc(-c3n[nH]c(=S)o3)ccc21.